The van der Waals surface area contributed by atoms with Gasteiger partial charge in [-0.1, -0.05) is 11.6 Å². The Balaban J connectivity index is 2.14. The zero-order valence-corrected chi connectivity index (χ0v) is 10.8. The molecule has 0 spiro atoms. The van der Waals surface area contributed by atoms with Gasteiger partial charge < -0.3 is 5.73 Å². The fourth-order valence-electron chi connectivity index (χ4n) is 1.76. The number of hydrogen-bond acceptors (Lipinski definition) is 3. The highest BCUT2D eigenvalue weighted by Crippen LogP contribution is 2.25. The van der Waals surface area contributed by atoms with Crippen LogP contribution in [0.1, 0.15) is 22.3 Å². The highest BCUT2D eigenvalue weighted by Gasteiger charge is 2.13. The van der Waals surface area contributed by atoms with Crippen LogP contribution in [-0.2, 0) is 13.5 Å². The lowest BCUT2D eigenvalue weighted by Crippen LogP contribution is -2.16. The Morgan fingerprint density at radius 3 is 2.81 bits per heavy atom. The summed E-state index contributed by atoms with van der Waals surface area (Å²) in [6.45, 7) is 1.97. The molecule has 3 nitrogen and oxygen atoms in total. The van der Waals surface area contributed by atoms with E-state index in [4.69, 9.17) is 17.3 Å². The zero-order valence-electron chi connectivity index (χ0n) is 9.27. The second-order valence-electron chi connectivity index (χ2n) is 3.85. The molecule has 16 heavy (non-hydrogen) atoms. The number of thiophene rings is 1. The molecule has 2 aromatic heterocycles. The molecule has 0 saturated heterocycles. The molecule has 0 fully saturated rings. The van der Waals surface area contributed by atoms with Crippen LogP contribution >= 0.6 is 22.9 Å². The van der Waals surface area contributed by atoms with Crippen molar-refractivity contribution in [1.82, 2.24) is 9.78 Å². The van der Waals surface area contributed by atoms with Crippen molar-refractivity contribution in [3.63, 3.8) is 0 Å². The Kier molecular flexibility index (Phi) is 3.33. The molecule has 2 rings (SSSR count). The van der Waals surface area contributed by atoms with E-state index in [2.05, 4.69) is 5.10 Å². The van der Waals surface area contributed by atoms with Crippen molar-refractivity contribution in [2.45, 2.75) is 19.4 Å². The van der Waals surface area contributed by atoms with Gasteiger partial charge >= 0.3 is 0 Å². The predicted octanol–water partition coefficient (Wildman–Crippen LogP) is 2.69. The molecule has 2 N–H and O–H groups in total. The van der Waals surface area contributed by atoms with Crippen molar-refractivity contribution in [2.75, 3.05) is 0 Å². The largest absolute Gasteiger partial charge is 0.322 e. The minimum atomic E-state index is -0.0269. The summed E-state index contributed by atoms with van der Waals surface area (Å²) in [4.78, 5) is 1.20. The molecule has 1 unspecified atom stereocenters. The summed E-state index contributed by atoms with van der Waals surface area (Å²) in [5.74, 6) is 0. The fraction of sp³-hybridized carbons (Fsp3) is 0.364. The van der Waals surface area contributed by atoms with Crippen molar-refractivity contribution < 1.29 is 0 Å². The van der Waals surface area contributed by atoms with Gasteiger partial charge in [0.05, 0.1) is 21.8 Å². The molecular formula is C11H14ClN3S. The number of nitrogens with two attached hydrogens (primary N) is 1. The molecule has 0 aliphatic rings. The second-order valence-corrected chi connectivity index (χ2v) is 5.65. The van der Waals surface area contributed by atoms with Crippen molar-refractivity contribution >= 4 is 22.9 Å². The van der Waals surface area contributed by atoms with Gasteiger partial charge in [0.15, 0.2) is 0 Å². The third-order valence-corrected chi connectivity index (χ3v) is 3.72. The van der Waals surface area contributed by atoms with Crippen LogP contribution < -0.4 is 5.73 Å². The quantitative estimate of drug-likeness (QED) is 0.917. The van der Waals surface area contributed by atoms with Gasteiger partial charge in [0.1, 0.15) is 0 Å². The van der Waals surface area contributed by atoms with E-state index in [0.29, 0.717) is 0 Å². The summed E-state index contributed by atoms with van der Waals surface area (Å²) < 4.78 is 2.65. The number of aromatic nitrogens is 2. The van der Waals surface area contributed by atoms with Gasteiger partial charge in [-0.25, -0.2) is 0 Å². The maximum atomic E-state index is 6.15. The van der Waals surface area contributed by atoms with Gasteiger partial charge in [-0.3, -0.25) is 4.68 Å². The Morgan fingerprint density at radius 1 is 1.56 bits per heavy atom. The normalized spacial score (nSPS) is 13.0. The Hall–Kier alpha value is -0.840. The monoisotopic (exact) mass is 255 g/mol. The predicted molar refractivity (Wildman–Crippen MR) is 67.9 cm³/mol. The van der Waals surface area contributed by atoms with E-state index < -0.39 is 0 Å². The molecule has 0 amide bonds. The number of aryl methyl sites for hydroxylation is 2. The van der Waals surface area contributed by atoms with Crippen LogP contribution in [0.25, 0.3) is 0 Å². The maximum Gasteiger partial charge on any atom is 0.0931 e. The van der Waals surface area contributed by atoms with Gasteiger partial charge in [-0.15, -0.1) is 11.3 Å². The van der Waals surface area contributed by atoms with E-state index in [1.165, 1.54) is 4.88 Å². The van der Waals surface area contributed by atoms with Crippen molar-refractivity contribution in [3.8, 4) is 0 Å². The number of nitrogens with zero attached hydrogens (tertiary/aromatic N) is 2. The van der Waals surface area contributed by atoms with Crippen LogP contribution in [0.3, 0.4) is 0 Å². The van der Waals surface area contributed by atoms with E-state index in [1.807, 2.05) is 36.9 Å². The third-order valence-electron chi connectivity index (χ3n) is 2.47. The maximum absolute atomic E-state index is 6.15. The minimum Gasteiger partial charge on any atom is -0.322 e. The first-order valence-corrected chi connectivity index (χ1v) is 6.26. The zero-order chi connectivity index (χ0) is 11.7. The third kappa shape index (κ3) is 2.45. The second kappa shape index (κ2) is 4.57. The summed E-state index contributed by atoms with van der Waals surface area (Å²) in [7, 11) is 1.92. The van der Waals surface area contributed by atoms with E-state index >= 15 is 0 Å². The Labute approximate surface area is 104 Å². The van der Waals surface area contributed by atoms with Gasteiger partial charge in [-0.2, -0.15) is 5.10 Å². The molecule has 5 heteroatoms. The van der Waals surface area contributed by atoms with Crippen LogP contribution in [0.5, 0.6) is 0 Å². The summed E-state index contributed by atoms with van der Waals surface area (Å²) in [6, 6.07) is 5.93. The van der Waals surface area contributed by atoms with Crippen molar-refractivity contribution in [1.29, 1.82) is 0 Å². The summed E-state index contributed by atoms with van der Waals surface area (Å²) in [6.07, 6.45) is 0.802. The molecule has 0 aliphatic carbocycles. The molecule has 0 radical (unpaired) electrons. The Bertz CT molecular complexity index is 489. The average molecular weight is 256 g/mol. The lowest BCUT2D eigenvalue weighted by Gasteiger charge is -2.10. The van der Waals surface area contributed by atoms with Crippen LogP contribution in [-0.4, -0.2) is 9.78 Å². The van der Waals surface area contributed by atoms with E-state index in [9.17, 15) is 0 Å². The Morgan fingerprint density at radius 2 is 2.31 bits per heavy atom. The van der Waals surface area contributed by atoms with E-state index in [1.54, 1.807) is 11.3 Å². The molecule has 2 heterocycles. The number of hydrogen-bond donors (Lipinski definition) is 1. The van der Waals surface area contributed by atoms with Gasteiger partial charge in [0.25, 0.3) is 0 Å². The van der Waals surface area contributed by atoms with Crippen LogP contribution in [0.2, 0.25) is 4.34 Å². The highest BCUT2D eigenvalue weighted by molar-refractivity contribution is 7.16. The van der Waals surface area contributed by atoms with Gasteiger partial charge in [0, 0.05) is 18.3 Å². The molecule has 2 aromatic rings. The first-order valence-electron chi connectivity index (χ1n) is 5.06. The molecule has 86 valence electrons. The fourth-order valence-corrected chi connectivity index (χ4v) is 2.91. The lowest BCUT2D eigenvalue weighted by atomic mass is 10.1. The lowest BCUT2D eigenvalue weighted by molar-refractivity contribution is 0.618. The van der Waals surface area contributed by atoms with Gasteiger partial charge in [0.2, 0.25) is 0 Å². The molecule has 1 atom stereocenters. The first-order chi connectivity index (χ1) is 7.56. The summed E-state index contributed by atoms with van der Waals surface area (Å²) >= 11 is 7.46. The van der Waals surface area contributed by atoms with E-state index in [0.717, 1.165) is 22.1 Å². The highest BCUT2D eigenvalue weighted by atomic mass is 35.5. The molecule has 0 saturated carbocycles. The summed E-state index contributed by atoms with van der Waals surface area (Å²) in [5.41, 5.74) is 8.21. The van der Waals surface area contributed by atoms with Crippen LogP contribution in [0, 0.1) is 6.92 Å². The smallest absolute Gasteiger partial charge is 0.0931 e. The average Bonchev–Trinajstić information content (AvgIpc) is 2.73. The molecule has 0 aromatic carbocycles. The van der Waals surface area contributed by atoms with Crippen molar-refractivity contribution in [3.05, 3.63) is 38.8 Å². The first kappa shape index (κ1) is 11.6. The number of rotatable bonds is 3. The van der Waals surface area contributed by atoms with Gasteiger partial charge in [-0.05, 0) is 25.1 Å². The van der Waals surface area contributed by atoms with Crippen LogP contribution in [0.15, 0.2) is 18.2 Å². The SMILES string of the molecule is Cc1cc(C(N)Cc2ccc(Cl)s2)n(C)n1. The van der Waals surface area contributed by atoms with E-state index in [-0.39, 0.29) is 6.04 Å². The molecule has 0 bridgehead atoms. The standard InChI is InChI=1S/C11H14ClN3S/c1-7-5-10(15(2)14-7)9(13)6-8-3-4-11(12)16-8/h3-5,9H,6,13H2,1-2H3. The van der Waals surface area contributed by atoms with Crippen LogP contribution in [0.4, 0.5) is 0 Å². The van der Waals surface area contributed by atoms with Crippen molar-refractivity contribution in [2.24, 2.45) is 12.8 Å². The molecular weight excluding hydrogens is 242 g/mol. The summed E-state index contributed by atoms with van der Waals surface area (Å²) in [5, 5.41) is 4.29. The number of halogens is 1. The topological polar surface area (TPSA) is 43.8 Å². The minimum absolute atomic E-state index is 0.0269. The molecule has 0 aliphatic heterocycles.